The Balaban J connectivity index is 1.57. The van der Waals surface area contributed by atoms with E-state index in [1.54, 1.807) is 19.1 Å². The van der Waals surface area contributed by atoms with Gasteiger partial charge in [0.15, 0.2) is 0 Å². The van der Waals surface area contributed by atoms with Gasteiger partial charge in [-0.2, -0.15) is 0 Å². The van der Waals surface area contributed by atoms with Crippen LogP contribution < -0.4 is 5.32 Å². The molecule has 0 radical (unpaired) electrons. The zero-order chi connectivity index (χ0) is 20.4. The van der Waals surface area contributed by atoms with Crippen molar-refractivity contribution in [1.29, 1.82) is 0 Å². The quantitative estimate of drug-likeness (QED) is 0.715. The van der Waals surface area contributed by atoms with Gasteiger partial charge in [0.2, 0.25) is 0 Å². The third-order valence-corrected chi connectivity index (χ3v) is 5.18. The molecular weight excluding hydrogens is 373 g/mol. The monoisotopic (exact) mass is 397 g/mol. The molecule has 1 amide bonds. The lowest BCUT2D eigenvalue weighted by Gasteiger charge is -2.33. The molecule has 0 saturated carbocycles. The van der Waals surface area contributed by atoms with Crippen LogP contribution in [0.5, 0.6) is 0 Å². The summed E-state index contributed by atoms with van der Waals surface area (Å²) >= 11 is 0. The molecule has 1 unspecified atom stereocenters. The highest BCUT2D eigenvalue weighted by atomic mass is 19.1. The first-order chi connectivity index (χ1) is 14.0. The van der Waals surface area contributed by atoms with Gasteiger partial charge in [-0.1, -0.05) is 0 Å². The van der Waals surface area contributed by atoms with Crippen LogP contribution >= 0.6 is 0 Å². The molecule has 0 spiro atoms. The van der Waals surface area contributed by atoms with Crippen LogP contribution in [0, 0.1) is 19.7 Å². The van der Waals surface area contributed by atoms with E-state index in [1.807, 2.05) is 19.1 Å². The number of carbonyl (C=O) groups excluding carboxylic acids is 1. The van der Waals surface area contributed by atoms with Crippen molar-refractivity contribution in [2.45, 2.75) is 19.9 Å². The highest BCUT2D eigenvalue weighted by molar-refractivity contribution is 6.06. The van der Waals surface area contributed by atoms with Gasteiger partial charge in [-0.25, -0.2) is 4.39 Å². The lowest BCUT2D eigenvalue weighted by Crippen LogP contribution is -2.43. The van der Waals surface area contributed by atoms with Crippen LogP contribution in [0.25, 0.3) is 10.9 Å². The Bertz CT molecular complexity index is 1020. The Hall–Kier alpha value is -2.77. The van der Waals surface area contributed by atoms with Crippen molar-refractivity contribution in [3.05, 3.63) is 65.0 Å². The molecule has 4 rings (SSSR count). The molecule has 1 aliphatic heterocycles. The summed E-state index contributed by atoms with van der Waals surface area (Å²) in [7, 11) is 0. The van der Waals surface area contributed by atoms with E-state index in [0.29, 0.717) is 41.9 Å². The summed E-state index contributed by atoms with van der Waals surface area (Å²) in [6.45, 7) is 6.96. The largest absolute Gasteiger partial charge is 0.465 e. The van der Waals surface area contributed by atoms with Gasteiger partial charge in [0, 0.05) is 36.8 Å². The SMILES string of the molecule is Cc1cc(C(=O)NCC(c2ccc(C)o2)N2CCOCC2)c2ccc(F)cc2n1. The van der Waals surface area contributed by atoms with Crippen LogP contribution in [0.4, 0.5) is 4.39 Å². The molecular formula is C22H24FN3O3. The van der Waals surface area contributed by atoms with Gasteiger partial charge >= 0.3 is 0 Å². The van der Waals surface area contributed by atoms with E-state index >= 15 is 0 Å². The predicted octanol–water partition coefficient (Wildman–Crippen LogP) is 3.39. The number of amides is 1. The fourth-order valence-electron chi connectivity index (χ4n) is 3.74. The second kappa shape index (κ2) is 8.31. The first kappa shape index (κ1) is 19.5. The van der Waals surface area contributed by atoms with E-state index in [1.165, 1.54) is 12.1 Å². The third-order valence-electron chi connectivity index (χ3n) is 5.18. The zero-order valence-electron chi connectivity index (χ0n) is 16.6. The topological polar surface area (TPSA) is 67.6 Å². The summed E-state index contributed by atoms with van der Waals surface area (Å²) in [4.78, 5) is 19.6. The zero-order valence-corrected chi connectivity index (χ0v) is 16.6. The van der Waals surface area contributed by atoms with E-state index in [4.69, 9.17) is 9.15 Å². The molecule has 0 bridgehead atoms. The summed E-state index contributed by atoms with van der Waals surface area (Å²) < 4.78 is 24.9. The molecule has 3 heterocycles. The number of fused-ring (bicyclic) bond motifs is 1. The molecule has 2 aromatic heterocycles. The lowest BCUT2D eigenvalue weighted by molar-refractivity contribution is 0.0117. The number of morpholine rings is 1. The number of hydrogen-bond acceptors (Lipinski definition) is 5. The van der Waals surface area contributed by atoms with Gasteiger partial charge in [0.05, 0.1) is 30.3 Å². The maximum atomic E-state index is 13.6. The standard InChI is InChI=1S/C22H24FN3O3/c1-14-11-18(17-5-4-16(23)12-19(17)25-14)22(27)24-13-20(21-6-3-15(2)29-21)26-7-9-28-10-8-26/h3-6,11-12,20H,7-10,13H2,1-2H3,(H,24,27). The number of furan rings is 1. The maximum absolute atomic E-state index is 13.6. The van der Waals surface area contributed by atoms with Crippen LogP contribution in [0.2, 0.25) is 0 Å². The molecule has 29 heavy (non-hydrogen) atoms. The smallest absolute Gasteiger partial charge is 0.252 e. The fourth-order valence-corrected chi connectivity index (χ4v) is 3.74. The molecule has 3 aromatic rings. The molecule has 1 aromatic carbocycles. The van der Waals surface area contributed by atoms with Crippen molar-refractivity contribution in [2.24, 2.45) is 0 Å². The molecule has 1 aliphatic rings. The van der Waals surface area contributed by atoms with Crippen molar-refractivity contribution >= 4 is 16.8 Å². The minimum Gasteiger partial charge on any atom is -0.465 e. The second-order valence-electron chi connectivity index (χ2n) is 7.30. The van der Waals surface area contributed by atoms with Crippen molar-refractivity contribution in [2.75, 3.05) is 32.8 Å². The summed E-state index contributed by atoms with van der Waals surface area (Å²) in [5.41, 5.74) is 1.63. The molecule has 152 valence electrons. The van der Waals surface area contributed by atoms with E-state index < -0.39 is 0 Å². The Morgan fingerprint density at radius 2 is 2.00 bits per heavy atom. The number of aromatic nitrogens is 1. The summed E-state index contributed by atoms with van der Waals surface area (Å²) in [6.07, 6.45) is 0. The van der Waals surface area contributed by atoms with E-state index in [0.717, 1.165) is 24.6 Å². The van der Waals surface area contributed by atoms with Gasteiger partial charge < -0.3 is 14.5 Å². The number of benzene rings is 1. The van der Waals surface area contributed by atoms with Gasteiger partial charge in [-0.15, -0.1) is 0 Å². The second-order valence-corrected chi connectivity index (χ2v) is 7.30. The van der Waals surface area contributed by atoms with Gasteiger partial charge in [0.25, 0.3) is 5.91 Å². The normalized spacial score (nSPS) is 16.1. The van der Waals surface area contributed by atoms with Crippen molar-refractivity contribution in [3.63, 3.8) is 0 Å². The maximum Gasteiger partial charge on any atom is 0.252 e. The molecule has 1 atom stereocenters. The number of ether oxygens (including phenoxy) is 1. The van der Waals surface area contributed by atoms with Crippen LogP contribution in [-0.4, -0.2) is 48.6 Å². The predicted molar refractivity (Wildman–Crippen MR) is 107 cm³/mol. The number of carbonyl (C=O) groups is 1. The molecule has 1 N–H and O–H groups in total. The summed E-state index contributed by atoms with van der Waals surface area (Å²) in [5.74, 6) is 1.07. The van der Waals surface area contributed by atoms with E-state index in [9.17, 15) is 9.18 Å². The Labute approximate surface area is 168 Å². The average molecular weight is 397 g/mol. The Morgan fingerprint density at radius 3 is 2.72 bits per heavy atom. The number of pyridine rings is 1. The third kappa shape index (κ3) is 4.31. The van der Waals surface area contributed by atoms with Gasteiger partial charge in [0.1, 0.15) is 17.3 Å². The fraction of sp³-hybridized carbons (Fsp3) is 0.364. The number of rotatable bonds is 5. The van der Waals surface area contributed by atoms with Crippen LogP contribution in [0.3, 0.4) is 0 Å². The minimum absolute atomic E-state index is 0.0804. The Kier molecular flexibility index (Phi) is 5.60. The highest BCUT2D eigenvalue weighted by Crippen LogP contribution is 2.24. The first-order valence-electron chi connectivity index (χ1n) is 9.74. The number of aryl methyl sites for hydroxylation is 2. The van der Waals surface area contributed by atoms with Gasteiger partial charge in [-0.05, 0) is 44.2 Å². The average Bonchev–Trinajstić information content (AvgIpc) is 3.13. The Morgan fingerprint density at radius 1 is 1.21 bits per heavy atom. The van der Waals surface area contributed by atoms with Crippen molar-refractivity contribution in [1.82, 2.24) is 15.2 Å². The number of nitrogens with one attached hydrogen (secondary N) is 1. The molecule has 7 heteroatoms. The van der Waals surface area contributed by atoms with Crippen LogP contribution in [0.15, 0.2) is 40.8 Å². The van der Waals surface area contributed by atoms with Crippen molar-refractivity contribution < 1.29 is 18.3 Å². The molecule has 6 nitrogen and oxygen atoms in total. The van der Waals surface area contributed by atoms with Crippen LogP contribution in [0.1, 0.15) is 33.6 Å². The molecule has 0 aliphatic carbocycles. The first-order valence-corrected chi connectivity index (χ1v) is 9.74. The van der Waals surface area contributed by atoms with E-state index in [2.05, 4.69) is 15.2 Å². The summed E-state index contributed by atoms with van der Waals surface area (Å²) in [5, 5.41) is 3.67. The number of nitrogens with zero attached hydrogens (tertiary/aromatic N) is 2. The number of hydrogen-bond donors (Lipinski definition) is 1. The molecule has 1 saturated heterocycles. The van der Waals surface area contributed by atoms with Crippen LogP contribution in [-0.2, 0) is 4.74 Å². The lowest BCUT2D eigenvalue weighted by atomic mass is 10.1. The summed E-state index contributed by atoms with van der Waals surface area (Å²) in [6, 6.07) is 9.83. The minimum atomic E-state index is -0.373. The highest BCUT2D eigenvalue weighted by Gasteiger charge is 2.26. The van der Waals surface area contributed by atoms with E-state index in [-0.39, 0.29) is 17.8 Å². The van der Waals surface area contributed by atoms with Crippen molar-refractivity contribution in [3.8, 4) is 0 Å². The van der Waals surface area contributed by atoms with Gasteiger partial charge in [-0.3, -0.25) is 14.7 Å². The molecule has 1 fully saturated rings. The number of halogens is 1.